The van der Waals surface area contributed by atoms with Crippen LogP contribution in [0.15, 0.2) is 36.4 Å². The molecule has 26 heavy (non-hydrogen) atoms. The molecule has 4 rings (SSSR count). The summed E-state index contributed by atoms with van der Waals surface area (Å²) in [4.78, 5) is 17.0. The van der Waals surface area contributed by atoms with Gasteiger partial charge in [0.1, 0.15) is 0 Å². The van der Waals surface area contributed by atoms with Crippen LogP contribution >= 0.6 is 11.3 Å². The number of hydrogen-bond acceptors (Lipinski definition) is 4. The fourth-order valence-electron chi connectivity index (χ4n) is 3.81. The van der Waals surface area contributed by atoms with Crippen molar-refractivity contribution in [2.75, 3.05) is 24.6 Å². The Morgan fingerprint density at radius 3 is 2.77 bits per heavy atom. The summed E-state index contributed by atoms with van der Waals surface area (Å²) in [5.74, 6) is 0.0632. The van der Waals surface area contributed by atoms with E-state index in [0.717, 1.165) is 50.3 Å². The minimum absolute atomic E-state index is 0.0632. The van der Waals surface area contributed by atoms with Gasteiger partial charge in [0, 0.05) is 36.3 Å². The Hall–Kier alpha value is -1.85. The average molecular weight is 371 g/mol. The second kappa shape index (κ2) is 7.80. The van der Waals surface area contributed by atoms with Crippen molar-refractivity contribution in [1.82, 2.24) is 5.32 Å². The number of amides is 1. The molecule has 0 bridgehead atoms. The minimum Gasteiger partial charge on any atom is -0.373 e. The third kappa shape index (κ3) is 3.94. The number of ether oxygens (including phenoxy) is 1. The number of piperidine rings is 1. The number of nitrogens with one attached hydrogen (secondary N) is 1. The third-order valence-corrected chi connectivity index (χ3v) is 6.47. The zero-order valence-corrected chi connectivity index (χ0v) is 16.1. The second-order valence-corrected chi connectivity index (χ2v) is 8.39. The van der Waals surface area contributed by atoms with Gasteiger partial charge in [-0.15, -0.1) is 11.3 Å². The lowest BCUT2D eigenvalue weighted by Gasteiger charge is -2.34. The number of nitrogens with zero attached hydrogens (tertiary/aromatic N) is 1. The molecule has 138 valence electrons. The van der Waals surface area contributed by atoms with Crippen LogP contribution in [0.4, 0.5) is 5.69 Å². The van der Waals surface area contributed by atoms with Crippen LogP contribution in [0.1, 0.15) is 51.9 Å². The fraction of sp³-hybridized carbons (Fsp3) is 0.476. The van der Waals surface area contributed by atoms with Crippen LogP contribution in [0, 0.1) is 6.92 Å². The summed E-state index contributed by atoms with van der Waals surface area (Å²) in [7, 11) is 0. The van der Waals surface area contributed by atoms with E-state index in [1.54, 1.807) is 11.3 Å². The van der Waals surface area contributed by atoms with Crippen molar-refractivity contribution in [3.63, 3.8) is 0 Å². The van der Waals surface area contributed by atoms with Crippen molar-refractivity contribution in [1.29, 1.82) is 0 Å². The molecule has 2 aliphatic heterocycles. The molecule has 4 nitrogen and oxygen atoms in total. The lowest BCUT2D eigenvalue weighted by molar-refractivity contribution is 0.0935. The zero-order valence-electron chi connectivity index (χ0n) is 15.2. The van der Waals surface area contributed by atoms with Crippen LogP contribution in [0.25, 0.3) is 0 Å². The molecular formula is C21H26N2O2S. The summed E-state index contributed by atoms with van der Waals surface area (Å²) in [6.45, 7) is 4.94. The predicted molar refractivity (Wildman–Crippen MR) is 106 cm³/mol. The van der Waals surface area contributed by atoms with Crippen molar-refractivity contribution < 1.29 is 9.53 Å². The second-order valence-electron chi connectivity index (χ2n) is 7.28. The van der Waals surface area contributed by atoms with Crippen LogP contribution in [-0.4, -0.2) is 31.6 Å². The SMILES string of the molecule is Cc1cccc(N2CCC(NC(=O)c3ccc(C4CCCO4)s3)CC2)c1. The summed E-state index contributed by atoms with van der Waals surface area (Å²) in [5.41, 5.74) is 2.58. The third-order valence-electron chi connectivity index (χ3n) is 5.29. The number of thiophene rings is 1. The fourth-order valence-corrected chi connectivity index (χ4v) is 4.81. The highest BCUT2D eigenvalue weighted by Gasteiger charge is 2.24. The summed E-state index contributed by atoms with van der Waals surface area (Å²) < 4.78 is 5.72. The molecule has 1 amide bonds. The van der Waals surface area contributed by atoms with Gasteiger partial charge < -0.3 is 15.0 Å². The van der Waals surface area contributed by atoms with E-state index in [2.05, 4.69) is 47.5 Å². The summed E-state index contributed by atoms with van der Waals surface area (Å²) in [5, 5.41) is 3.23. The molecule has 2 fully saturated rings. The Morgan fingerprint density at radius 2 is 2.04 bits per heavy atom. The number of carbonyl (C=O) groups is 1. The first-order chi connectivity index (χ1) is 12.7. The van der Waals surface area contributed by atoms with Crippen LogP contribution in [0.5, 0.6) is 0 Å². The molecule has 5 heteroatoms. The first kappa shape index (κ1) is 17.6. The van der Waals surface area contributed by atoms with Gasteiger partial charge >= 0.3 is 0 Å². The maximum absolute atomic E-state index is 12.6. The van der Waals surface area contributed by atoms with Gasteiger partial charge in [-0.2, -0.15) is 0 Å². The molecule has 1 aromatic heterocycles. The summed E-state index contributed by atoms with van der Waals surface area (Å²) >= 11 is 1.58. The molecule has 3 heterocycles. The Morgan fingerprint density at radius 1 is 1.19 bits per heavy atom. The minimum atomic E-state index is 0.0632. The Labute approximate surface area is 159 Å². The van der Waals surface area contributed by atoms with E-state index in [9.17, 15) is 4.79 Å². The van der Waals surface area contributed by atoms with E-state index in [1.807, 2.05) is 6.07 Å². The Kier molecular flexibility index (Phi) is 5.27. The van der Waals surface area contributed by atoms with Gasteiger partial charge in [0.15, 0.2) is 0 Å². The largest absolute Gasteiger partial charge is 0.373 e. The Balaban J connectivity index is 1.30. The van der Waals surface area contributed by atoms with Crippen molar-refractivity contribution in [3.8, 4) is 0 Å². The molecule has 2 saturated heterocycles. The van der Waals surface area contributed by atoms with Crippen molar-refractivity contribution >= 4 is 22.9 Å². The molecule has 0 aliphatic carbocycles. The molecular weight excluding hydrogens is 344 g/mol. The van der Waals surface area contributed by atoms with Crippen LogP contribution in [-0.2, 0) is 4.74 Å². The van der Waals surface area contributed by atoms with Crippen LogP contribution in [0.2, 0.25) is 0 Å². The smallest absolute Gasteiger partial charge is 0.261 e. The van der Waals surface area contributed by atoms with Gasteiger partial charge in [-0.1, -0.05) is 12.1 Å². The number of benzene rings is 1. The van der Waals surface area contributed by atoms with Gasteiger partial charge in [0.2, 0.25) is 0 Å². The zero-order chi connectivity index (χ0) is 17.9. The van der Waals surface area contributed by atoms with Gasteiger partial charge in [0.05, 0.1) is 11.0 Å². The molecule has 0 radical (unpaired) electrons. The van der Waals surface area contributed by atoms with Crippen molar-refractivity contribution in [2.24, 2.45) is 0 Å². The van der Waals surface area contributed by atoms with E-state index in [-0.39, 0.29) is 18.1 Å². The van der Waals surface area contributed by atoms with E-state index in [4.69, 9.17) is 4.74 Å². The Bertz CT molecular complexity index is 759. The standard InChI is InChI=1S/C21H26N2O2S/c1-15-4-2-5-17(14-15)23-11-9-16(10-12-23)22-21(24)20-8-7-19(26-20)18-6-3-13-25-18/h2,4-5,7-8,14,16,18H,3,6,9-13H2,1H3,(H,22,24). The molecule has 1 aromatic carbocycles. The molecule has 1 unspecified atom stereocenters. The van der Waals surface area contributed by atoms with Crippen molar-refractivity contribution in [2.45, 2.75) is 44.8 Å². The molecule has 2 aliphatic rings. The highest BCUT2D eigenvalue weighted by Crippen LogP contribution is 2.33. The number of carbonyl (C=O) groups excluding carboxylic acids is 1. The maximum atomic E-state index is 12.6. The van der Waals surface area contributed by atoms with Gasteiger partial charge in [-0.05, 0) is 62.4 Å². The van der Waals surface area contributed by atoms with Crippen LogP contribution in [0.3, 0.4) is 0 Å². The first-order valence-corrected chi connectivity index (χ1v) is 10.3. The molecule has 1 atom stereocenters. The van der Waals surface area contributed by atoms with Gasteiger partial charge in [0.25, 0.3) is 5.91 Å². The monoisotopic (exact) mass is 370 g/mol. The lowest BCUT2D eigenvalue weighted by Crippen LogP contribution is -2.44. The average Bonchev–Trinajstić information content (AvgIpc) is 3.34. The highest BCUT2D eigenvalue weighted by molar-refractivity contribution is 7.14. The molecule has 0 spiro atoms. The van der Waals surface area contributed by atoms with Crippen LogP contribution < -0.4 is 10.2 Å². The maximum Gasteiger partial charge on any atom is 0.261 e. The molecule has 0 saturated carbocycles. The van der Waals surface area contributed by atoms with E-state index in [0.29, 0.717) is 0 Å². The van der Waals surface area contributed by atoms with Crippen molar-refractivity contribution in [3.05, 3.63) is 51.7 Å². The lowest BCUT2D eigenvalue weighted by atomic mass is 10.0. The predicted octanol–water partition coefficient (Wildman–Crippen LogP) is 4.31. The molecule has 2 aromatic rings. The summed E-state index contributed by atoms with van der Waals surface area (Å²) in [6, 6.07) is 12.9. The van der Waals surface area contributed by atoms with E-state index in [1.165, 1.54) is 16.1 Å². The molecule has 1 N–H and O–H groups in total. The van der Waals surface area contributed by atoms with Gasteiger partial charge in [-0.25, -0.2) is 0 Å². The van der Waals surface area contributed by atoms with E-state index < -0.39 is 0 Å². The number of hydrogen-bond donors (Lipinski definition) is 1. The highest BCUT2D eigenvalue weighted by atomic mass is 32.1. The van der Waals surface area contributed by atoms with Gasteiger partial charge in [-0.3, -0.25) is 4.79 Å². The topological polar surface area (TPSA) is 41.6 Å². The quantitative estimate of drug-likeness (QED) is 0.872. The van der Waals surface area contributed by atoms with E-state index >= 15 is 0 Å². The first-order valence-electron chi connectivity index (χ1n) is 9.53. The number of anilines is 1. The summed E-state index contributed by atoms with van der Waals surface area (Å²) in [6.07, 6.45) is 4.36. The number of aryl methyl sites for hydroxylation is 1. The normalized spacial score (nSPS) is 21.1. The number of rotatable bonds is 4.